The van der Waals surface area contributed by atoms with E-state index in [0.717, 1.165) is 0 Å². The van der Waals surface area contributed by atoms with Gasteiger partial charge in [-0.15, -0.1) is 0 Å². The summed E-state index contributed by atoms with van der Waals surface area (Å²) in [5.74, 6) is -2.50. The van der Waals surface area contributed by atoms with Gasteiger partial charge < -0.3 is 0 Å². The van der Waals surface area contributed by atoms with E-state index in [4.69, 9.17) is 5.26 Å². The highest BCUT2D eigenvalue weighted by atomic mass is 79.9. The van der Waals surface area contributed by atoms with Crippen LogP contribution in [0.15, 0.2) is 27.6 Å². The van der Waals surface area contributed by atoms with Gasteiger partial charge in [0.1, 0.15) is 6.07 Å². The molecule has 0 amide bonds. The van der Waals surface area contributed by atoms with Gasteiger partial charge >= 0.3 is 0 Å². The Hall–Kier alpha value is -0.600. The number of hydrogen-bond donors (Lipinski definition) is 0. The minimum Gasteiger partial charge on any atom is -0.198 e. The highest BCUT2D eigenvalue weighted by Crippen LogP contribution is 2.30. The highest BCUT2D eigenvalue weighted by Gasteiger charge is 2.09. The lowest BCUT2D eigenvalue weighted by molar-refractivity contribution is 0.252. The minimum absolute atomic E-state index is 0.272. The molecule has 1 rings (SSSR count). The Bertz CT molecular complexity index is 348. The molecule has 1 nitrogen and oxygen atoms in total. The minimum atomic E-state index is -2.50. The first-order valence-electron chi connectivity index (χ1n) is 3.28. The van der Waals surface area contributed by atoms with E-state index in [-0.39, 0.29) is 5.56 Å². The van der Waals surface area contributed by atoms with Crippen LogP contribution in [-0.4, -0.2) is 5.76 Å². The Kier molecular flexibility index (Phi) is 3.70. The van der Waals surface area contributed by atoms with E-state index >= 15 is 0 Å². The van der Waals surface area contributed by atoms with Gasteiger partial charge in [0.05, 0.1) is 5.56 Å². The maximum absolute atomic E-state index is 12.0. The molecule has 1 aromatic carbocycles. The van der Waals surface area contributed by atoms with Crippen LogP contribution < -0.4 is 0 Å². The largest absolute Gasteiger partial charge is 0.288 e. The third kappa shape index (κ3) is 2.98. The lowest BCUT2D eigenvalue weighted by atomic mass is 10.2. The van der Waals surface area contributed by atoms with Crippen molar-refractivity contribution in [2.24, 2.45) is 0 Å². The molecule has 68 valence electrons. The van der Waals surface area contributed by atoms with Gasteiger partial charge in [-0.3, -0.25) is 0 Å². The molecule has 0 spiro atoms. The fourth-order valence-electron chi connectivity index (χ4n) is 0.782. The fourth-order valence-corrected chi connectivity index (χ4v) is 1.92. The lowest BCUT2D eigenvalue weighted by Crippen LogP contribution is -1.86. The average molecular weight is 264 g/mol. The Balaban J connectivity index is 3.03. The van der Waals surface area contributed by atoms with Crippen LogP contribution in [-0.2, 0) is 0 Å². The zero-order valence-corrected chi connectivity index (χ0v) is 8.70. The summed E-state index contributed by atoms with van der Waals surface area (Å²) in [6.45, 7) is 0. The van der Waals surface area contributed by atoms with Crippen molar-refractivity contribution < 1.29 is 8.78 Å². The van der Waals surface area contributed by atoms with Crippen molar-refractivity contribution in [3.8, 4) is 6.07 Å². The van der Waals surface area contributed by atoms with Crippen molar-refractivity contribution in [3.05, 3.63) is 28.2 Å². The number of rotatable bonds is 2. The van der Waals surface area contributed by atoms with Gasteiger partial charge in [-0.2, -0.15) is 14.0 Å². The van der Waals surface area contributed by atoms with Gasteiger partial charge in [-0.1, -0.05) is 27.7 Å². The predicted molar refractivity (Wildman–Crippen MR) is 50.7 cm³/mol. The average Bonchev–Trinajstić information content (AvgIpc) is 2.03. The number of thioether (sulfide) groups is 1. The van der Waals surface area contributed by atoms with E-state index in [1.54, 1.807) is 6.07 Å². The third-order valence-electron chi connectivity index (χ3n) is 1.28. The normalized spacial score (nSPS) is 10.1. The van der Waals surface area contributed by atoms with Crippen LogP contribution in [0.3, 0.4) is 0 Å². The molecule has 0 bridgehead atoms. The van der Waals surface area contributed by atoms with E-state index in [0.29, 0.717) is 21.1 Å². The fraction of sp³-hybridized carbons (Fsp3) is 0.125. The summed E-state index contributed by atoms with van der Waals surface area (Å²) in [5, 5.41) is 8.60. The van der Waals surface area contributed by atoms with Gasteiger partial charge in [0.2, 0.25) is 0 Å². The van der Waals surface area contributed by atoms with E-state index < -0.39 is 5.76 Å². The number of nitriles is 1. The number of alkyl halides is 2. The van der Waals surface area contributed by atoms with Crippen molar-refractivity contribution in [2.45, 2.75) is 10.7 Å². The predicted octanol–water partition coefficient (Wildman–Crippen LogP) is 3.64. The van der Waals surface area contributed by atoms with Gasteiger partial charge in [0.15, 0.2) is 0 Å². The van der Waals surface area contributed by atoms with Crippen molar-refractivity contribution in [1.82, 2.24) is 0 Å². The summed E-state index contributed by atoms with van der Waals surface area (Å²) in [6.07, 6.45) is 0. The van der Waals surface area contributed by atoms with Crippen LogP contribution in [0.2, 0.25) is 0 Å². The molecule has 0 saturated carbocycles. The molecular weight excluding hydrogens is 260 g/mol. The van der Waals surface area contributed by atoms with Crippen molar-refractivity contribution >= 4 is 27.7 Å². The zero-order valence-electron chi connectivity index (χ0n) is 6.30. The lowest BCUT2D eigenvalue weighted by Gasteiger charge is -2.02. The maximum Gasteiger partial charge on any atom is 0.288 e. The second-order valence-corrected chi connectivity index (χ2v) is 4.08. The standard InChI is InChI=1S/C8H4BrF2NS/c9-6-2-1-5(4-12)7(3-6)13-8(10)11/h1-3,8H. The Labute approximate surface area is 86.9 Å². The summed E-state index contributed by atoms with van der Waals surface area (Å²) in [5.41, 5.74) is 0.272. The second-order valence-electron chi connectivity index (χ2n) is 2.13. The number of hydrogen-bond acceptors (Lipinski definition) is 2. The van der Waals surface area contributed by atoms with E-state index in [1.165, 1.54) is 12.1 Å². The van der Waals surface area contributed by atoms with Crippen LogP contribution >= 0.6 is 27.7 Å². The summed E-state index contributed by atoms with van der Waals surface area (Å²) in [6, 6.07) is 6.52. The summed E-state index contributed by atoms with van der Waals surface area (Å²) in [4.78, 5) is 0.298. The van der Waals surface area contributed by atoms with Crippen LogP contribution in [0.5, 0.6) is 0 Å². The van der Waals surface area contributed by atoms with Gasteiger partial charge in [0.25, 0.3) is 5.76 Å². The first-order chi connectivity index (χ1) is 6.13. The Morgan fingerprint density at radius 1 is 1.46 bits per heavy atom. The summed E-state index contributed by atoms with van der Waals surface area (Å²) in [7, 11) is 0. The van der Waals surface area contributed by atoms with E-state index in [1.807, 2.05) is 6.07 Å². The molecule has 1 aromatic rings. The number of nitrogens with zero attached hydrogens (tertiary/aromatic N) is 1. The zero-order chi connectivity index (χ0) is 9.84. The SMILES string of the molecule is N#Cc1ccc(Br)cc1SC(F)F. The molecule has 5 heteroatoms. The molecule has 0 atom stereocenters. The van der Waals surface area contributed by atoms with E-state index in [9.17, 15) is 8.78 Å². The molecular formula is C8H4BrF2NS. The highest BCUT2D eigenvalue weighted by molar-refractivity contribution is 9.10. The second kappa shape index (κ2) is 4.58. The first kappa shape index (κ1) is 10.5. The van der Waals surface area contributed by atoms with Crippen molar-refractivity contribution in [1.29, 1.82) is 5.26 Å². The number of halogens is 3. The van der Waals surface area contributed by atoms with E-state index in [2.05, 4.69) is 15.9 Å². The molecule has 0 aromatic heterocycles. The third-order valence-corrected chi connectivity index (χ3v) is 2.54. The molecule has 13 heavy (non-hydrogen) atoms. The summed E-state index contributed by atoms with van der Waals surface area (Å²) >= 11 is 3.53. The van der Waals surface area contributed by atoms with Crippen LogP contribution in [0.4, 0.5) is 8.78 Å². The molecule has 0 heterocycles. The Morgan fingerprint density at radius 3 is 2.69 bits per heavy atom. The molecule has 0 radical (unpaired) electrons. The molecule has 0 unspecified atom stereocenters. The summed E-state index contributed by atoms with van der Waals surface area (Å²) < 4.78 is 24.7. The molecule has 0 aliphatic rings. The molecule has 0 N–H and O–H groups in total. The van der Waals surface area contributed by atoms with Gasteiger partial charge in [0, 0.05) is 9.37 Å². The number of benzene rings is 1. The smallest absolute Gasteiger partial charge is 0.198 e. The van der Waals surface area contributed by atoms with Crippen LogP contribution in [0.1, 0.15) is 5.56 Å². The van der Waals surface area contributed by atoms with Crippen LogP contribution in [0, 0.1) is 11.3 Å². The topological polar surface area (TPSA) is 23.8 Å². The van der Waals surface area contributed by atoms with Crippen LogP contribution in [0.25, 0.3) is 0 Å². The molecule has 0 saturated heterocycles. The Morgan fingerprint density at radius 2 is 2.15 bits per heavy atom. The molecule has 0 fully saturated rings. The van der Waals surface area contributed by atoms with Crippen molar-refractivity contribution in [2.75, 3.05) is 0 Å². The molecule has 0 aliphatic heterocycles. The monoisotopic (exact) mass is 263 g/mol. The first-order valence-corrected chi connectivity index (χ1v) is 4.95. The quantitative estimate of drug-likeness (QED) is 0.761. The van der Waals surface area contributed by atoms with Gasteiger partial charge in [-0.25, -0.2) is 0 Å². The molecule has 0 aliphatic carbocycles. The van der Waals surface area contributed by atoms with Crippen molar-refractivity contribution in [3.63, 3.8) is 0 Å². The maximum atomic E-state index is 12.0. The van der Waals surface area contributed by atoms with Gasteiger partial charge in [-0.05, 0) is 18.2 Å².